The zero-order valence-electron chi connectivity index (χ0n) is 17.5. The molecule has 6 nitrogen and oxygen atoms in total. The molecule has 0 amide bonds. The van der Waals surface area contributed by atoms with Gasteiger partial charge in [0.25, 0.3) is 10.1 Å². The van der Waals surface area contributed by atoms with Crippen LogP contribution in [0.25, 0.3) is 6.08 Å². The molecule has 0 aliphatic heterocycles. The number of rotatable bonds is 8. The minimum absolute atomic E-state index is 0.0671. The molecule has 0 saturated heterocycles. The number of carbonyl (C=O) groups is 1. The summed E-state index contributed by atoms with van der Waals surface area (Å²) in [5, 5.41) is 0. The Morgan fingerprint density at radius 1 is 1.17 bits per heavy atom. The van der Waals surface area contributed by atoms with Crippen molar-refractivity contribution in [3.8, 4) is 0 Å². The molecule has 30 heavy (non-hydrogen) atoms. The second kappa shape index (κ2) is 10.2. The lowest BCUT2D eigenvalue weighted by Gasteiger charge is -2.19. The summed E-state index contributed by atoms with van der Waals surface area (Å²) >= 11 is 6.04. The van der Waals surface area contributed by atoms with Crippen molar-refractivity contribution in [1.29, 1.82) is 0 Å². The van der Waals surface area contributed by atoms with E-state index in [9.17, 15) is 13.2 Å². The van der Waals surface area contributed by atoms with Crippen molar-refractivity contribution in [2.24, 2.45) is 0 Å². The monoisotopic (exact) mass is 451 g/mol. The van der Waals surface area contributed by atoms with E-state index in [0.29, 0.717) is 12.1 Å². The average molecular weight is 452 g/mol. The maximum atomic E-state index is 12.2. The van der Waals surface area contributed by atoms with Crippen molar-refractivity contribution in [3.63, 3.8) is 0 Å². The number of nitrogens with zero attached hydrogens (tertiary/aromatic N) is 1. The first kappa shape index (κ1) is 24.1. The van der Waals surface area contributed by atoms with Crippen LogP contribution in [-0.4, -0.2) is 30.5 Å². The van der Waals surface area contributed by atoms with Crippen molar-refractivity contribution < 1.29 is 22.1 Å². The van der Waals surface area contributed by atoms with Crippen molar-refractivity contribution in [3.05, 3.63) is 65.5 Å². The van der Waals surface area contributed by atoms with E-state index in [0.717, 1.165) is 5.56 Å². The Balaban J connectivity index is 1.89. The fourth-order valence-corrected chi connectivity index (χ4v) is 3.73. The molecule has 8 heteroatoms. The van der Waals surface area contributed by atoms with Gasteiger partial charge in [0, 0.05) is 0 Å². The van der Waals surface area contributed by atoms with Crippen LogP contribution >= 0.6 is 11.6 Å². The molecule has 0 spiro atoms. The molecule has 1 aromatic carbocycles. The largest absolute Gasteiger partial charge is 0.455 e. The van der Waals surface area contributed by atoms with Crippen LogP contribution in [0.4, 0.5) is 0 Å². The molecule has 0 aliphatic carbocycles. The summed E-state index contributed by atoms with van der Waals surface area (Å²) in [4.78, 5) is 16.4. The Kier molecular flexibility index (Phi) is 8.18. The molecule has 1 aromatic heterocycles. The number of carbonyl (C=O) groups excluding carboxylic acids is 1. The van der Waals surface area contributed by atoms with Gasteiger partial charge in [-0.2, -0.15) is 8.42 Å². The smallest absolute Gasteiger partial charge is 0.357 e. The third-order valence-electron chi connectivity index (χ3n) is 3.77. The van der Waals surface area contributed by atoms with Crippen molar-refractivity contribution >= 4 is 33.8 Å². The third kappa shape index (κ3) is 7.89. The standard InChI is InChI=1S/C22H26ClNO5S/c1-16-12-14-18(15-13-16)30(26,27)29-20(23)11-6-5-8-17-9-7-10-19(24-17)21(25)28-22(2,3)4/h5,7-10,12-15,20H,6,11H2,1-4H3/b8-5+. The number of ether oxygens (including phenoxy) is 1. The van der Waals surface area contributed by atoms with Gasteiger partial charge in [-0.25, -0.2) is 14.0 Å². The predicted octanol–water partition coefficient (Wildman–Crippen LogP) is 5.11. The van der Waals surface area contributed by atoms with Gasteiger partial charge in [-0.1, -0.05) is 41.4 Å². The summed E-state index contributed by atoms with van der Waals surface area (Å²) in [5.74, 6) is -0.492. The first-order chi connectivity index (χ1) is 14.0. The summed E-state index contributed by atoms with van der Waals surface area (Å²) in [6.07, 6.45) is 4.27. The Bertz CT molecular complexity index is 995. The van der Waals surface area contributed by atoms with Crippen LogP contribution in [0, 0.1) is 6.92 Å². The Labute approximate surface area is 183 Å². The van der Waals surface area contributed by atoms with Gasteiger partial charge in [0.2, 0.25) is 0 Å². The molecule has 2 rings (SSSR count). The Morgan fingerprint density at radius 3 is 2.47 bits per heavy atom. The summed E-state index contributed by atoms with van der Waals surface area (Å²) in [6.45, 7) is 7.24. The zero-order valence-corrected chi connectivity index (χ0v) is 19.0. The van der Waals surface area contributed by atoms with Crippen LogP contribution in [0.15, 0.2) is 53.4 Å². The number of aryl methyl sites for hydroxylation is 1. The fraction of sp³-hybridized carbons (Fsp3) is 0.364. The van der Waals surface area contributed by atoms with Gasteiger partial charge in [0.15, 0.2) is 5.56 Å². The Hall–Kier alpha value is -2.22. The third-order valence-corrected chi connectivity index (χ3v) is 5.52. The first-order valence-corrected chi connectivity index (χ1v) is 11.3. The molecule has 162 valence electrons. The molecule has 0 aliphatic rings. The van der Waals surface area contributed by atoms with Gasteiger partial charge in [0.1, 0.15) is 11.3 Å². The van der Waals surface area contributed by atoms with E-state index in [1.54, 1.807) is 63.3 Å². The molecule has 2 aromatic rings. The van der Waals surface area contributed by atoms with Gasteiger partial charge in [-0.15, -0.1) is 0 Å². The van der Waals surface area contributed by atoms with E-state index in [4.69, 9.17) is 20.5 Å². The maximum Gasteiger partial charge on any atom is 0.357 e. The average Bonchev–Trinajstić information content (AvgIpc) is 2.64. The van der Waals surface area contributed by atoms with E-state index in [1.807, 2.05) is 6.92 Å². The lowest BCUT2D eigenvalue weighted by Crippen LogP contribution is -2.24. The highest BCUT2D eigenvalue weighted by atomic mass is 35.5. The number of hydrogen-bond donors (Lipinski definition) is 0. The Morgan fingerprint density at radius 2 is 1.83 bits per heavy atom. The SMILES string of the molecule is Cc1ccc(S(=O)(=O)OC(Cl)CC/C=C/c2cccc(C(=O)OC(C)(C)C)n2)cc1. The van der Waals surface area contributed by atoms with Crippen LogP contribution in [0.1, 0.15) is 55.4 Å². The number of pyridine rings is 1. The number of aromatic nitrogens is 1. The number of alkyl halides is 1. The predicted molar refractivity (Wildman–Crippen MR) is 117 cm³/mol. The van der Waals surface area contributed by atoms with Crippen LogP contribution in [0.2, 0.25) is 0 Å². The molecule has 0 saturated carbocycles. The molecular weight excluding hydrogens is 426 g/mol. The normalized spacial score (nSPS) is 13.4. The first-order valence-electron chi connectivity index (χ1n) is 9.47. The van der Waals surface area contributed by atoms with Gasteiger partial charge in [0.05, 0.1) is 10.6 Å². The number of hydrogen-bond acceptors (Lipinski definition) is 6. The molecule has 0 N–H and O–H groups in total. The lowest BCUT2D eigenvalue weighted by atomic mass is 10.2. The van der Waals surface area contributed by atoms with Gasteiger partial charge in [-0.05, 0) is 70.9 Å². The molecular formula is C22H26ClNO5S. The van der Waals surface area contributed by atoms with Crippen LogP contribution in [-0.2, 0) is 19.0 Å². The number of halogens is 1. The second-order valence-electron chi connectivity index (χ2n) is 7.70. The van der Waals surface area contributed by atoms with E-state index in [1.165, 1.54) is 12.1 Å². The summed E-state index contributed by atoms with van der Waals surface area (Å²) in [5.41, 5.74) is 0.152. The van der Waals surface area contributed by atoms with Crippen LogP contribution in [0.5, 0.6) is 0 Å². The van der Waals surface area contributed by atoms with E-state index in [2.05, 4.69) is 4.98 Å². The highest BCUT2D eigenvalue weighted by molar-refractivity contribution is 7.86. The van der Waals surface area contributed by atoms with Gasteiger partial charge >= 0.3 is 5.97 Å². The zero-order chi connectivity index (χ0) is 22.4. The topological polar surface area (TPSA) is 82.6 Å². The van der Waals surface area contributed by atoms with Crippen molar-refractivity contribution in [2.75, 3.05) is 0 Å². The maximum absolute atomic E-state index is 12.2. The van der Waals surface area contributed by atoms with Crippen molar-refractivity contribution in [1.82, 2.24) is 4.98 Å². The highest BCUT2D eigenvalue weighted by Crippen LogP contribution is 2.19. The summed E-state index contributed by atoms with van der Waals surface area (Å²) in [6, 6.07) is 11.4. The van der Waals surface area contributed by atoms with E-state index >= 15 is 0 Å². The molecule has 0 fully saturated rings. The minimum atomic E-state index is -3.92. The molecule has 0 bridgehead atoms. The van der Waals surface area contributed by atoms with E-state index < -0.39 is 27.3 Å². The van der Waals surface area contributed by atoms with Crippen molar-refractivity contribution in [2.45, 2.75) is 56.6 Å². The molecule has 1 unspecified atom stereocenters. The van der Waals surface area contributed by atoms with Gasteiger partial charge < -0.3 is 4.74 Å². The minimum Gasteiger partial charge on any atom is -0.455 e. The fourth-order valence-electron chi connectivity index (χ4n) is 2.37. The summed E-state index contributed by atoms with van der Waals surface area (Å²) < 4.78 is 34.8. The quantitative estimate of drug-likeness (QED) is 0.315. The summed E-state index contributed by atoms with van der Waals surface area (Å²) in [7, 11) is -3.92. The number of esters is 1. The number of benzene rings is 1. The molecule has 1 heterocycles. The second-order valence-corrected chi connectivity index (χ2v) is 9.76. The number of allylic oxidation sites excluding steroid dienone is 1. The molecule has 0 radical (unpaired) electrons. The van der Waals surface area contributed by atoms with E-state index in [-0.39, 0.29) is 17.0 Å². The van der Waals surface area contributed by atoms with Crippen LogP contribution < -0.4 is 0 Å². The molecule has 1 atom stereocenters. The lowest BCUT2D eigenvalue weighted by molar-refractivity contribution is 0.00627. The van der Waals surface area contributed by atoms with Crippen LogP contribution in [0.3, 0.4) is 0 Å². The van der Waals surface area contributed by atoms with Gasteiger partial charge in [-0.3, -0.25) is 0 Å². The highest BCUT2D eigenvalue weighted by Gasteiger charge is 2.20.